The summed E-state index contributed by atoms with van der Waals surface area (Å²) < 4.78 is 2.51. The van der Waals surface area contributed by atoms with Gasteiger partial charge in [0, 0.05) is 18.7 Å². The largest absolute Gasteiger partial charge is 0.507 e. The van der Waals surface area contributed by atoms with E-state index < -0.39 is 0 Å². The molecular weight excluding hydrogens is 312 g/mol. The van der Waals surface area contributed by atoms with Gasteiger partial charge in [-0.3, -0.25) is 4.79 Å². The van der Waals surface area contributed by atoms with E-state index in [4.69, 9.17) is 0 Å². The van der Waals surface area contributed by atoms with Gasteiger partial charge in [-0.2, -0.15) is 0 Å². The number of aromatic hydroxyl groups is 1. The number of phenols is 1. The Kier molecular flexibility index (Phi) is 2.98. The summed E-state index contributed by atoms with van der Waals surface area (Å²) in [7, 11) is 0. The topological polar surface area (TPSA) is 71.2 Å². The Bertz CT molecular complexity index is 640. The minimum Gasteiger partial charge on any atom is -0.507 e. The number of aromatic nitrogens is 3. The standard InChI is InChI=1S/C12H11BrN4O2/c13-9-2-1-8(5-10(9)18)12(19)16-3-4-17-7-14-15-11(17)6-16/h1-2,5,7,18H,3-4,6H2. The molecule has 6 nitrogen and oxygen atoms in total. The van der Waals surface area contributed by atoms with Crippen molar-refractivity contribution in [1.82, 2.24) is 19.7 Å². The van der Waals surface area contributed by atoms with E-state index in [-0.39, 0.29) is 11.7 Å². The highest BCUT2D eigenvalue weighted by atomic mass is 79.9. The van der Waals surface area contributed by atoms with Crippen LogP contribution in [0.5, 0.6) is 5.75 Å². The smallest absolute Gasteiger partial charge is 0.254 e. The third-order valence-corrected chi connectivity index (χ3v) is 3.79. The molecule has 2 heterocycles. The van der Waals surface area contributed by atoms with Gasteiger partial charge in [-0.25, -0.2) is 0 Å². The van der Waals surface area contributed by atoms with Gasteiger partial charge in [-0.15, -0.1) is 10.2 Å². The van der Waals surface area contributed by atoms with Crippen LogP contribution in [0.2, 0.25) is 0 Å². The van der Waals surface area contributed by atoms with E-state index in [1.54, 1.807) is 23.4 Å². The maximum atomic E-state index is 12.3. The number of benzene rings is 1. The van der Waals surface area contributed by atoms with Crippen molar-refractivity contribution < 1.29 is 9.90 Å². The average Bonchev–Trinajstić information content (AvgIpc) is 2.88. The van der Waals surface area contributed by atoms with Gasteiger partial charge in [0.15, 0.2) is 5.82 Å². The third kappa shape index (κ3) is 2.21. The van der Waals surface area contributed by atoms with Crippen molar-refractivity contribution in [3.8, 4) is 5.75 Å². The first-order valence-corrected chi connectivity index (χ1v) is 6.59. The van der Waals surface area contributed by atoms with Crippen LogP contribution in [0, 0.1) is 0 Å². The van der Waals surface area contributed by atoms with Crippen LogP contribution in [0.4, 0.5) is 0 Å². The quantitative estimate of drug-likeness (QED) is 0.861. The molecule has 0 spiro atoms. The van der Waals surface area contributed by atoms with Crippen LogP contribution in [0.15, 0.2) is 29.0 Å². The Labute approximate surface area is 117 Å². The fourth-order valence-electron chi connectivity index (χ4n) is 2.07. The highest BCUT2D eigenvalue weighted by Crippen LogP contribution is 2.25. The van der Waals surface area contributed by atoms with Gasteiger partial charge >= 0.3 is 0 Å². The van der Waals surface area contributed by atoms with E-state index in [9.17, 15) is 9.90 Å². The lowest BCUT2D eigenvalue weighted by molar-refractivity contribution is 0.0707. The SMILES string of the molecule is O=C(c1ccc(Br)c(O)c1)N1CCn2cnnc2C1. The van der Waals surface area contributed by atoms with Gasteiger partial charge in [0.05, 0.1) is 11.0 Å². The summed E-state index contributed by atoms with van der Waals surface area (Å²) in [4.78, 5) is 14.0. The van der Waals surface area contributed by atoms with Crippen LogP contribution in [-0.2, 0) is 13.1 Å². The van der Waals surface area contributed by atoms with Crippen LogP contribution in [0.25, 0.3) is 0 Å². The Hall–Kier alpha value is -1.89. The van der Waals surface area contributed by atoms with E-state index >= 15 is 0 Å². The number of nitrogens with zero attached hydrogens (tertiary/aromatic N) is 4. The molecule has 3 rings (SSSR count). The molecule has 0 atom stereocenters. The number of halogens is 1. The molecule has 1 aliphatic rings. The van der Waals surface area contributed by atoms with Gasteiger partial charge < -0.3 is 14.6 Å². The average molecular weight is 323 g/mol. The highest BCUT2D eigenvalue weighted by Gasteiger charge is 2.23. The minimum absolute atomic E-state index is 0.0611. The molecule has 0 radical (unpaired) electrons. The van der Waals surface area contributed by atoms with E-state index in [0.717, 1.165) is 5.82 Å². The summed E-state index contributed by atoms with van der Waals surface area (Å²) in [5.74, 6) is 0.726. The zero-order valence-electron chi connectivity index (χ0n) is 9.95. The van der Waals surface area contributed by atoms with E-state index in [0.29, 0.717) is 29.7 Å². The molecule has 19 heavy (non-hydrogen) atoms. The van der Waals surface area contributed by atoms with Crippen molar-refractivity contribution in [2.45, 2.75) is 13.1 Å². The predicted molar refractivity (Wildman–Crippen MR) is 70.6 cm³/mol. The maximum absolute atomic E-state index is 12.3. The number of phenolic OH excluding ortho intramolecular Hbond substituents is 1. The molecule has 1 aromatic heterocycles. The van der Waals surface area contributed by atoms with Crippen LogP contribution >= 0.6 is 15.9 Å². The first-order chi connectivity index (χ1) is 9.15. The van der Waals surface area contributed by atoms with Crippen LogP contribution in [0.3, 0.4) is 0 Å². The lowest BCUT2D eigenvalue weighted by atomic mass is 10.1. The number of fused-ring (bicyclic) bond motifs is 1. The molecule has 0 unspecified atom stereocenters. The molecule has 1 N–H and O–H groups in total. The Morgan fingerprint density at radius 2 is 2.21 bits per heavy atom. The summed E-state index contributed by atoms with van der Waals surface area (Å²) in [5.41, 5.74) is 0.466. The van der Waals surface area contributed by atoms with Gasteiger partial charge in [0.2, 0.25) is 0 Å². The molecule has 0 saturated carbocycles. The maximum Gasteiger partial charge on any atom is 0.254 e. The summed E-state index contributed by atoms with van der Waals surface area (Å²) in [6.07, 6.45) is 1.67. The number of hydrogen-bond donors (Lipinski definition) is 1. The van der Waals surface area contributed by atoms with Crippen LogP contribution in [0.1, 0.15) is 16.2 Å². The first kappa shape index (κ1) is 12.2. The molecule has 0 bridgehead atoms. The van der Waals surface area contributed by atoms with Crippen molar-refractivity contribution in [2.24, 2.45) is 0 Å². The molecule has 7 heteroatoms. The number of hydrogen-bond acceptors (Lipinski definition) is 4. The van der Waals surface area contributed by atoms with E-state index in [1.807, 2.05) is 4.57 Å². The fraction of sp³-hybridized carbons (Fsp3) is 0.250. The van der Waals surface area contributed by atoms with E-state index in [2.05, 4.69) is 26.1 Å². The van der Waals surface area contributed by atoms with Crippen molar-refractivity contribution in [1.29, 1.82) is 0 Å². The van der Waals surface area contributed by atoms with Crippen molar-refractivity contribution in [2.75, 3.05) is 6.54 Å². The van der Waals surface area contributed by atoms with Crippen LogP contribution < -0.4 is 0 Å². The zero-order chi connectivity index (χ0) is 13.4. The molecule has 0 aliphatic carbocycles. The second kappa shape index (κ2) is 4.65. The molecule has 98 valence electrons. The predicted octanol–water partition coefficient (Wildman–Crippen LogP) is 1.40. The van der Waals surface area contributed by atoms with Crippen molar-refractivity contribution in [3.63, 3.8) is 0 Å². The third-order valence-electron chi connectivity index (χ3n) is 3.12. The summed E-state index contributed by atoms with van der Waals surface area (Å²) in [5, 5.41) is 17.4. The second-order valence-electron chi connectivity index (χ2n) is 4.33. The second-order valence-corrected chi connectivity index (χ2v) is 5.19. The number of carbonyl (C=O) groups is 1. The monoisotopic (exact) mass is 322 g/mol. The molecule has 1 aromatic carbocycles. The summed E-state index contributed by atoms with van der Waals surface area (Å²) in [6.45, 7) is 1.74. The van der Waals surface area contributed by atoms with Gasteiger partial charge in [0.25, 0.3) is 5.91 Å². The lowest BCUT2D eigenvalue weighted by Crippen LogP contribution is -2.38. The normalized spacial score (nSPS) is 14.3. The molecule has 0 fully saturated rings. The highest BCUT2D eigenvalue weighted by molar-refractivity contribution is 9.10. The Morgan fingerprint density at radius 3 is 3.00 bits per heavy atom. The van der Waals surface area contributed by atoms with E-state index in [1.165, 1.54) is 6.07 Å². The molecule has 2 aromatic rings. The first-order valence-electron chi connectivity index (χ1n) is 5.79. The lowest BCUT2D eigenvalue weighted by Gasteiger charge is -2.27. The number of carbonyl (C=O) groups excluding carboxylic acids is 1. The van der Waals surface area contributed by atoms with Gasteiger partial charge in [-0.1, -0.05) is 0 Å². The number of amides is 1. The summed E-state index contributed by atoms with van der Waals surface area (Å²) in [6, 6.07) is 4.81. The van der Waals surface area contributed by atoms with Gasteiger partial charge in [-0.05, 0) is 34.1 Å². The Balaban J connectivity index is 1.83. The van der Waals surface area contributed by atoms with Crippen molar-refractivity contribution >= 4 is 21.8 Å². The summed E-state index contributed by atoms with van der Waals surface area (Å²) >= 11 is 3.19. The molecule has 1 amide bonds. The fourth-order valence-corrected chi connectivity index (χ4v) is 2.31. The minimum atomic E-state index is -0.114. The van der Waals surface area contributed by atoms with Crippen molar-refractivity contribution in [3.05, 3.63) is 40.4 Å². The molecule has 0 saturated heterocycles. The number of rotatable bonds is 1. The molecule has 1 aliphatic heterocycles. The van der Waals surface area contributed by atoms with Gasteiger partial charge in [0.1, 0.15) is 12.1 Å². The molecular formula is C12H11BrN4O2. The Morgan fingerprint density at radius 1 is 1.37 bits per heavy atom. The van der Waals surface area contributed by atoms with Crippen LogP contribution in [-0.4, -0.2) is 37.2 Å². The zero-order valence-corrected chi connectivity index (χ0v) is 11.5.